The molecule has 0 atom stereocenters. The highest BCUT2D eigenvalue weighted by atomic mass is 15.1. The van der Waals surface area contributed by atoms with E-state index < -0.39 is 0 Å². The van der Waals surface area contributed by atoms with E-state index in [9.17, 15) is 0 Å². The van der Waals surface area contributed by atoms with Gasteiger partial charge in [-0.2, -0.15) is 0 Å². The van der Waals surface area contributed by atoms with Crippen LogP contribution >= 0.6 is 0 Å². The van der Waals surface area contributed by atoms with Crippen LogP contribution in [0.25, 0.3) is 0 Å². The molecule has 84 valence electrons. The molecule has 0 heterocycles. The van der Waals surface area contributed by atoms with Gasteiger partial charge in [-0.05, 0) is 45.0 Å². The topological polar surface area (TPSA) is 3.24 Å². The van der Waals surface area contributed by atoms with Crippen molar-refractivity contribution in [2.45, 2.75) is 33.6 Å². The van der Waals surface area contributed by atoms with Gasteiger partial charge in [0.25, 0.3) is 0 Å². The third-order valence-electron chi connectivity index (χ3n) is 2.95. The first kappa shape index (κ1) is 12.3. The molecule has 0 aromatic heterocycles. The van der Waals surface area contributed by atoms with Gasteiger partial charge >= 0.3 is 0 Å². The summed E-state index contributed by atoms with van der Waals surface area (Å²) >= 11 is 0. The third kappa shape index (κ3) is 4.48. The van der Waals surface area contributed by atoms with Crippen LogP contribution in [0, 0.1) is 6.92 Å². The van der Waals surface area contributed by atoms with Crippen molar-refractivity contribution in [2.24, 2.45) is 0 Å². The minimum Gasteiger partial charge on any atom is -0.304 e. The minimum absolute atomic E-state index is 1.17. The highest BCUT2D eigenvalue weighted by molar-refractivity contribution is 5.21. The Morgan fingerprint density at radius 3 is 2.13 bits per heavy atom. The van der Waals surface area contributed by atoms with Gasteiger partial charge in [-0.3, -0.25) is 0 Å². The second-order valence-corrected chi connectivity index (χ2v) is 4.12. The van der Waals surface area contributed by atoms with E-state index in [1.54, 1.807) is 0 Å². The molecular weight excluding hydrogens is 182 g/mol. The van der Waals surface area contributed by atoms with E-state index in [-0.39, 0.29) is 0 Å². The van der Waals surface area contributed by atoms with Gasteiger partial charge in [0.05, 0.1) is 0 Å². The summed E-state index contributed by atoms with van der Waals surface area (Å²) in [5.41, 5.74) is 2.82. The first-order chi connectivity index (χ1) is 7.26. The number of benzene rings is 1. The van der Waals surface area contributed by atoms with Gasteiger partial charge in [0.2, 0.25) is 0 Å². The van der Waals surface area contributed by atoms with Gasteiger partial charge in [-0.1, -0.05) is 43.7 Å². The van der Waals surface area contributed by atoms with Crippen molar-refractivity contribution in [3.8, 4) is 0 Å². The molecule has 0 aliphatic carbocycles. The van der Waals surface area contributed by atoms with Gasteiger partial charge in [-0.15, -0.1) is 0 Å². The number of nitrogens with zero attached hydrogens (tertiary/aromatic N) is 1. The van der Waals surface area contributed by atoms with Gasteiger partial charge in [0.1, 0.15) is 0 Å². The average Bonchev–Trinajstić information content (AvgIpc) is 2.27. The van der Waals surface area contributed by atoms with E-state index >= 15 is 0 Å². The lowest BCUT2D eigenvalue weighted by Crippen LogP contribution is -2.24. The molecule has 0 amide bonds. The predicted octanol–water partition coefficient (Wildman–Crippen LogP) is 3.27. The predicted molar refractivity (Wildman–Crippen MR) is 67.3 cm³/mol. The largest absolute Gasteiger partial charge is 0.304 e. The summed E-state index contributed by atoms with van der Waals surface area (Å²) in [6.07, 6.45) is 2.47. The van der Waals surface area contributed by atoms with Crippen molar-refractivity contribution < 1.29 is 0 Å². The summed E-state index contributed by atoms with van der Waals surface area (Å²) in [5.74, 6) is 0. The molecule has 1 aromatic carbocycles. The molecule has 0 N–H and O–H groups in total. The Hall–Kier alpha value is -0.820. The van der Waals surface area contributed by atoms with E-state index in [4.69, 9.17) is 0 Å². The molecule has 0 aliphatic rings. The second-order valence-electron chi connectivity index (χ2n) is 4.12. The maximum atomic E-state index is 2.48. The lowest BCUT2D eigenvalue weighted by molar-refractivity contribution is 0.300. The normalized spacial score (nSPS) is 10.9. The van der Waals surface area contributed by atoms with E-state index in [1.165, 1.54) is 43.6 Å². The Bertz CT molecular complexity index is 259. The zero-order valence-electron chi connectivity index (χ0n) is 10.3. The van der Waals surface area contributed by atoms with Gasteiger partial charge in [0.15, 0.2) is 0 Å². The molecule has 0 saturated carbocycles. The lowest BCUT2D eigenvalue weighted by atomic mass is 10.1. The molecule has 1 heteroatoms. The quantitative estimate of drug-likeness (QED) is 0.689. The van der Waals surface area contributed by atoms with Crippen molar-refractivity contribution >= 4 is 0 Å². The van der Waals surface area contributed by atoms with Crippen molar-refractivity contribution in [1.29, 1.82) is 0 Å². The van der Waals surface area contributed by atoms with Crippen LogP contribution in [0.15, 0.2) is 24.3 Å². The van der Waals surface area contributed by atoms with Crippen molar-refractivity contribution in [3.63, 3.8) is 0 Å². The first-order valence-corrected chi connectivity index (χ1v) is 6.04. The van der Waals surface area contributed by atoms with Crippen LogP contribution in [0.3, 0.4) is 0 Å². The summed E-state index contributed by atoms with van der Waals surface area (Å²) < 4.78 is 0. The molecule has 0 unspecified atom stereocenters. The Labute approximate surface area is 94.1 Å². The summed E-state index contributed by atoms with van der Waals surface area (Å²) in [4.78, 5) is 2.48. The smallest absolute Gasteiger partial charge is 0.00158 e. The number of hydrogen-bond donors (Lipinski definition) is 0. The number of aryl methyl sites for hydroxylation is 2. The molecule has 1 rings (SSSR count). The fourth-order valence-corrected chi connectivity index (χ4v) is 1.80. The van der Waals surface area contributed by atoms with Crippen LogP contribution in [0.4, 0.5) is 0 Å². The average molecular weight is 205 g/mol. The molecule has 0 saturated heterocycles. The molecule has 0 fully saturated rings. The van der Waals surface area contributed by atoms with E-state index in [0.29, 0.717) is 0 Å². The molecule has 0 radical (unpaired) electrons. The SMILES string of the molecule is CCN(CC)CCCc1ccc(C)cc1. The van der Waals surface area contributed by atoms with Crippen LogP contribution in [0.1, 0.15) is 31.4 Å². The van der Waals surface area contributed by atoms with Crippen LogP contribution in [0.2, 0.25) is 0 Å². The Morgan fingerprint density at radius 2 is 1.60 bits per heavy atom. The monoisotopic (exact) mass is 205 g/mol. The van der Waals surface area contributed by atoms with Crippen molar-refractivity contribution in [2.75, 3.05) is 19.6 Å². The fourth-order valence-electron chi connectivity index (χ4n) is 1.80. The van der Waals surface area contributed by atoms with Crippen molar-refractivity contribution in [1.82, 2.24) is 4.90 Å². The van der Waals surface area contributed by atoms with Gasteiger partial charge < -0.3 is 4.90 Å². The Kier molecular flexibility index (Phi) is 5.41. The highest BCUT2D eigenvalue weighted by Gasteiger charge is 1.98. The van der Waals surface area contributed by atoms with Gasteiger partial charge in [0, 0.05) is 0 Å². The third-order valence-corrected chi connectivity index (χ3v) is 2.95. The molecular formula is C14H23N. The summed E-state index contributed by atoms with van der Waals surface area (Å²) in [5, 5.41) is 0. The number of rotatable bonds is 6. The Balaban J connectivity index is 2.28. The van der Waals surface area contributed by atoms with Gasteiger partial charge in [-0.25, -0.2) is 0 Å². The zero-order valence-corrected chi connectivity index (χ0v) is 10.3. The standard InChI is InChI=1S/C14H23N/c1-4-15(5-2)12-6-7-14-10-8-13(3)9-11-14/h8-11H,4-7,12H2,1-3H3. The van der Waals surface area contributed by atoms with E-state index in [2.05, 4.69) is 49.9 Å². The van der Waals surface area contributed by atoms with Crippen LogP contribution < -0.4 is 0 Å². The molecule has 0 aliphatic heterocycles. The van der Waals surface area contributed by atoms with Crippen LogP contribution in [-0.2, 0) is 6.42 Å². The zero-order chi connectivity index (χ0) is 11.1. The van der Waals surface area contributed by atoms with E-state index in [1.807, 2.05) is 0 Å². The molecule has 15 heavy (non-hydrogen) atoms. The summed E-state index contributed by atoms with van der Waals surface area (Å²) in [6.45, 7) is 10.2. The van der Waals surface area contributed by atoms with Crippen LogP contribution in [0.5, 0.6) is 0 Å². The van der Waals surface area contributed by atoms with E-state index in [0.717, 1.165) is 0 Å². The van der Waals surface area contributed by atoms with Crippen molar-refractivity contribution in [3.05, 3.63) is 35.4 Å². The second kappa shape index (κ2) is 6.62. The minimum atomic E-state index is 1.17. The lowest BCUT2D eigenvalue weighted by Gasteiger charge is -2.17. The Morgan fingerprint density at radius 1 is 1.00 bits per heavy atom. The first-order valence-electron chi connectivity index (χ1n) is 6.04. The molecule has 0 spiro atoms. The maximum absolute atomic E-state index is 2.48. The molecule has 1 nitrogen and oxygen atoms in total. The summed E-state index contributed by atoms with van der Waals surface area (Å²) in [6, 6.07) is 8.90. The number of hydrogen-bond acceptors (Lipinski definition) is 1. The fraction of sp³-hybridized carbons (Fsp3) is 0.571. The highest BCUT2D eigenvalue weighted by Crippen LogP contribution is 2.06. The maximum Gasteiger partial charge on any atom is -0.00158 e. The summed E-state index contributed by atoms with van der Waals surface area (Å²) in [7, 11) is 0. The molecule has 1 aromatic rings. The van der Waals surface area contributed by atoms with Crippen LogP contribution in [-0.4, -0.2) is 24.5 Å². The molecule has 0 bridgehead atoms.